The standard InChI is InChI=1S/C21H27N3O4S/c1-16-7-9-17(10-8-16)29(27,28)23-12-4-11-22(13-14-23)15-24-20(25)18-5-2-3-6-19(18)21(24)26/h2-3,7-10,18-19H,4-6,11-15H2,1H3/p+1/t18-,19+. The predicted molar refractivity (Wildman–Crippen MR) is 107 cm³/mol. The van der Waals surface area contributed by atoms with Crippen molar-refractivity contribution in [1.82, 2.24) is 9.21 Å². The largest absolute Gasteiger partial charge is 0.316 e. The number of carbonyl (C=O) groups excluding carboxylic acids is 2. The molecule has 3 aliphatic rings. The summed E-state index contributed by atoms with van der Waals surface area (Å²) in [5.41, 5.74) is 1.02. The van der Waals surface area contributed by atoms with Crippen LogP contribution in [-0.4, -0.2) is 62.3 Å². The monoisotopic (exact) mass is 418 g/mol. The zero-order chi connectivity index (χ0) is 20.6. The molecule has 4 rings (SSSR count). The first-order valence-electron chi connectivity index (χ1n) is 10.3. The second-order valence-corrected chi connectivity index (χ2v) is 10.2. The predicted octanol–water partition coefficient (Wildman–Crippen LogP) is 0.183. The van der Waals surface area contributed by atoms with E-state index in [1.54, 1.807) is 24.3 Å². The van der Waals surface area contributed by atoms with Gasteiger partial charge in [0.25, 0.3) is 0 Å². The molecule has 8 heteroatoms. The van der Waals surface area contributed by atoms with Gasteiger partial charge in [-0.1, -0.05) is 29.8 Å². The first-order valence-corrected chi connectivity index (χ1v) is 11.7. The minimum absolute atomic E-state index is 0.0646. The molecule has 1 aliphatic carbocycles. The number of allylic oxidation sites excluding steroid dienone is 2. The molecule has 156 valence electrons. The van der Waals surface area contributed by atoms with Gasteiger partial charge in [0, 0.05) is 13.0 Å². The molecule has 2 heterocycles. The Morgan fingerprint density at radius 3 is 2.21 bits per heavy atom. The van der Waals surface area contributed by atoms with Crippen LogP contribution in [0.2, 0.25) is 0 Å². The summed E-state index contributed by atoms with van der Waals surface area (Å²) in [6, 6.07) is 6.91. The summed E-state index contributed by atoms with van der Waals surface area (Å²) < 4.78 is 27.5. The van der Waals surface area contributed by atoms with Gasteiger partial charge in [-0.25, -0.2) is 13.3 Å². The van der Waals surface area contributed by atoms with Gasteiger partial charge in [0.15, 0.2) is 6.67 Å². The topological polar surface area (TPSA) is 79.2 Å². The number of quaternary nitrogens is 1. The molecule has 0 aromatic heterocycles. The molecule has 1 aromatic carbocycles. The van der Waals surface area contributed by atoms with E-state index in [2.05, 4.69) is 0 Å². The average Bonchev–Trinajstić information content (AvgIpc) is 2.88. The highest BCUT2D eigenvalue weighted by molar-refractivity contribution is 7.89. The smallest absolute Gasteiger partial charge is 0.243 e. The van der Waals surface area contributed by atoms with Gasteiger partial charge in [-0.3, -0.25) is 9.59 Å². The van der Waals surface area contributed by atoms with Crippen molar-refractivity contribution in [3.05, 3.63) is 42.0 Å². The third-order valence-electron chi connectivity index (χ3n) is 6.29. The van der Waals surface area contributed by atoms with E-state index in [-0.39, 0.29) is 23.7 Å². The summed E-state index contributed by atoms with van der Waals surface area (Å²) >= 11 is 0. The molecular weight excluding hydrogens is 390 g/mol. The van der Waals surface area contributed by atoms with Crippen LogP contribution in [0.25, 0.3) is 0 Å². The summed E-state index contributed by atoms with van der Waals surface area (Å²) in [7, 11) is -3.53. The molecule has 2 fully saturated rings. The maximum atomic E-state index is 13.0. The summed E-state index contributed by atoms with van der Waals surface area (Å²) in [6.45, 7) is 4.42. The van der Waals surface area contributed by atoms with Crippen molar-refractivity contribution >= 4 is 21.8 Å². The Kier molecular flexibility index (Phi) is 5.59. The first kappa shape index (κ1) is 20.3. The van der Waals surface area contributed by atoms with E-state index in [9.17, 15) is 18.0 Å². The van der Waals surface area contributed by atoms with Crippen LogP contribution < -0.4 is 4.90 Å². The molecule has 1 unspecified atom stereocenters. The summed E-state index contributed by atoms with van der Waals surface area (Å²) in [6.07, 6.45) is 5.96. The number of likely N-dealkylation sites (tertiary alicyclic amines) is 1. The maximum Gasteiger partial charge on any atom is 0.243 e. The third kappa shape index (κ3) is 3.89. The zero-order valence-electron chi connectivity index (χ0n) is 16.7. The van der Waals surface area contributed by atoms with Gasteiger partial charge in [0.2, 0.25) is 21.8 Å². The molecule has 1 aromatic rings. The number of imide groups is 1. The maximum absolute atomic E-state index is 13.0. The van der Waals surface area contributed by atoms with Gasteiger partial charge in [-0.2, -0.15) is 4.31 Å². The molecule has 3 atom stereocenters. The minimum atomic E-state index is -3.53. The molecule has 2 saturated heterocycles. The first-order chi connectivity index (χ1) is 13.9. The lowest BCUT2D eigenvalue weighted by atomic mass is 9.85. The number of nitrogens with zero attached hydrogens (tertiary/aromatic N) is 2. The Bertz CT molecular complexity index is 900. The number of hydrogen-bond acceptors (Lipinski definition) is 4. The van der Waals surface area contributed by atoms with Crippen molar-refractivity contribution in [2.75, 3.05) is 32.8 Å². The molecule has 1 N–H and O–H groups in total. The number of aryl methyl sites for hydroxylation is 1. The Labute approximate surface area is 172 Å². The van der Waals surface area contributed by atoms with Crippen LogP contribution in [0.15, 0.2) is 41.3 Å². The summed E-state index contributed by atoms with van der Waals surface area (Å²) in [5, 5.41) is 0. The number of nitrogens with one attached hydrogen (secondary N) is 1. The van der Waals surface area contributed by atoms with E-state index < -0.39 is 10.0 Å². The lowest BCUT2D eigenvalue weighted by molar-refractivity contribution is -0.905. The van der Waals surface area contributed by atoms with Gasteiger partial charge in [-0.15, -0.1) is 0 Å². The molecule has 2 aliphatic heterocycles. The SMILES string of the molecule is Cc1ccc(S(=O)(=O)N2CCC[NH+](CN3C(=O)[C@H]4CC=CC[C@H]4C3=O)CC2)cc1. The van der Waals surface area contributed by atoms with E-state index >= 15 is 0 Å². The van der Waals surface area contributed by atoms with E-state index in [0.29, 0.717) is 50.5 Å². The van der Waals surface area contributed by atoms with Crippen LogP contribution in [0.3, 0.4) is 0 Å². The average molecular weight is 419 g/mol. The second kappa shape index (κ2) is 8.01. The lowest BCUT2D eigenvalue weighted by Gasteiger charge is -2.23. The van der Waals surface area contributed by atoms with E-state index in [0.717, 1.165) is 17.0 Å². The Hall–Kier alpha value is -2.03. The van der Waals surface area contributed by atoms with Crippen LogP contribution in [0.4, 0.5) is 0 Å². The third-order valence-corrected chi connectivity index (χ3v) is 8.20. The number of benzene rings is 1. The Morgan fingerprint density at radius 1 is 0.966 bits per heavy atom. The molecule has 29 heavy (non-hydrogen) atoms. The van der Waals surface area contributed by atoms with Crippen molar-refractivity contribution < 1.29 is 22.9 Å². The fourth-order valence-corrected chi connectivity index (χ4v) is 6.01. The van der Waals surface area contributed by atoms with Crippen molar-refractivity contribution in [3.63, 3.8) is 0 Å². The van der Waals surface area contributed by atoms with Gasteiger partial charge in [0.1, 0.15) is 0 Å². The van der Waals surface area contributed by atoms with Crippen LogP contribution in [0, 0.1) is 18.8 Å². The highest BCUT2D eigenvalue weighted by Crippen LogP contribution is 2.34. The molecule has 0 saturated carbocycles. The highest BCUT2D eigenvalue weighted by atomic mass is 32.2. The summed E-state index contributed by atoms with van der Waals surface area (Å²) in [4.78, 5) is 28.2. The molecular formula is C21H28N3O4S+. The molecule has 7 nitrogen and oxygen atoms in total. The van der Waals surface area contributed by atoms with Gasteiger partial charge in [0.05, 0.1) is 36.4 Å². The number of rotatable bonds is 4. The number of fused-ring (bicyclic) bond motifs is 1. The Morgan fingerprint density at radius 2 is 1.59 bits per heavy atom. The summed E-state index contributed by atoms with van der Waals surface area (Å²) in [5.74, 6) is -0.551. The van der Waals surface area contributed by atoms with Crippen molar-refractivity contribution in [1.29, 1.82) is 0 Å². The molecule has 0 spiro atoms. The Balaban J connectivity index is 1.41. The minimum Gasteiger partial charge on any atom is -0.316 e. The second-order valence-electron chi connectivity index (χ2n) is 8.24. The molecule has 0 bridgehead atoms. The van der Waals surface area contributed by atoms with Crippen LogP contribution in [0.1, 0.15) is 24.8 Å². The molecule has 2 amide bonds. The van der Waals surface area contributed by atoms with E-state index in [1.165, 1.54) is 9.21 Å². The van der Waals surface area contributed by atoms with Crippen LogP contribution in [-0.2, 0) is 19.6 Å². The molecule has 0 radical (unpaired) electrons. The van der Waals surface area contributed by atoms with Crippen molar-refractivity contribution in [2.24, 2.45) is 11.8 Å². The van der Waals surface area contributed by atoms with Crippen molar-refractivity contribution in [3.8, 4) is 0 Å². The fraction of sp³-hybridized carbons (Fsp3) is 0.524. The van der Waals surface area contributed by atoms with Gasteiger partial charge < -0.3 is 4.90 Å². The quantitative estimate of drug-likeness (QED) is 0.559. The highest BCUT2D eigenvalue weighted by Gasteiger charge is 2.48. The van der Waals surface area contributed by atoms with Gasteiger partial charge in [-0.05, 0) is 31.9 Å². The van der Waals surface area contributed by atoms with E-state index in [4.69, 9.17) is 0 Å². The normalized spacial score (nSPS) is 28.4. The van der Waals surface area contributed by atoms with E-state index in [1.807, 2.05) is 19.1 Å². The number of carbonyl (C=O) groups is 2. The van der Waals surface area contributed by atoms with Gasteiger partial charge >= 0.3 is 0 Å². The van der Waals surface area contributed by atoms with Crippen LogP contribution >= 0.6 is 0 Å². The number of hydrogen-bond donors (Lipinski definition) is 1. The number of sulfonamides is 1. The van der Waals surface area contributed by atoms with Crippen molar-refractivity contribution in [2.45, 2.75) is 31.1 Å². The number of amides is 2. The fourth-order valence-electron chi connectivity index (χ4n) is 4.53. The van der Waals surface area contributed by atoms with Crippen LogP contribution in [0.5, 0.6) is 0 Å². The lowest BCUT2D eigenvalue weighted by Crippen LogP contribution is -3.14. The zero-order valence-corrected chi connectivity index (χ0v) is 17.5.